The van der Waals surface area contributed by atoms with E-state index in [1.165, 1.54) is 0 Å². The maximum Gasteiger partial charge on any atom is 0.0484 e. The molecule has 0 fully saturated rings. The van der Waals surface area contributed by atoms with Gasteiger partial charge in [-0.15, -0.1) is 0 Å². The van der Waals surface area contributed by atoms with Crippen molar-refractivity contribution < 1.29 is 0 Å². The number of benzene rings is 8. The minimum atomic E-state index is 0.898. The van der Waals surface area contributed by atoms with Gasteiger partial charge in [0.15, 0.2) is 0 Å². The van der Waals surface area contributed by atoms with Crippen LogP contribution in [0.15, 0.2) is 182 Å². The largest absolute Gasteiger partial charge is 0.0622 e. The quantitative estimate of drug-likeness (QED) is 0.155. The van der Waals surface area contributed by atoms with Crippen molar-refractivity contribution in [3.63, 3.8) is 0 Å². The first-order valence-corrected chi connectivity index (χ1v) is 17.2. The maximum absolute atomic E-state index is 3.52. The van der Waals surface area contributed by atoms with Crippen molar-refractivity contribution in [2.24, 2.45) is 0 Å². The van der Waals surface area contributed by atoms with Gasteiger partial charge in [-0.1, -0.05) is 169 Å². The lowest BCUT2D eigenvalue weighted by Gasteiger charge is -2.14. The third kappa shape index (κ3) is 6.97. The molecule has 0 N–H and O–H groups in total. The molecule has 0 heteroatoms. The van der Waals surface area contributed by atoms with E-state index >= 15 is 0 Å². The molecular weight excluding hydrogens is 625 g/mol. The van der Waals surface area contributed by atoms with Gasteiger partial charge < -0.3 is 0 Å². The zero-order valence-electron chi connectivity index (χ0n) is 28.3. The van der Waals surface area contributed by atoms with Crippen LogP contribution in [0.25, 0.3) is 32.7 Å². The fourth-order valence-corrected chi connectivity index (χ4v) is 6.30. The zero-order chi connectivity index (χ0) is 35.0. The van der Waals surface area contributed by atoms with Crippen molar-refractivity contribution in [3.8, 4) is 58.5 Å². The van der Waals surface area contributed by atoms with Crippen LogP contribution in [0.2, 0.25) is 0 Å². The summed E-state index contributed by atoms with van der Waals surface area (Å²) in [6.45, 7) is 0. The molecule has 0 aliphatic heterocycles. The van der Waals surface area contributed by atoms with Gasteiger partial charge in [0, 0.05) is 44.5 Å². The molecule has 0 aliphatic carbocycles. The molecule has 0 spiro atoms. The second kappa shape index (κ2) is 15.0. The van der Waals surface area contributed by atoms with Gasteiger partial charge >= 0.3 is 0 Å². The summed E-state index contributed by atoms with van der Waals surface area (Å²) < 4.78 is 0. The Balaban J connectivity index is 1.32. The minimum Gasteiger partial charge on any atom is -0.0622 e. The summed E-state index contributed by atoms with van der Waals surface area (Å²) in [6, 6.07) is 61.9. The maximum atomic E-state index is 3.52. The van der Waals surface area contributed by atoms with E-state index in [1.54, 1.807) is 0 Å². The van der Waals surface area contributed by atoms with Gasteiger partial charge in [-0.2, -0.15) is 0 Å². The summed E-state index contributed by atoms with van der Waals surface area (Å²) in [5, 5.41) is 4.35. The fraction of sp³-hybridized carbons (Fsp3) is 0. The monoisotopic (exact) mass is 654 g/mol. The molecule has 0 amide bonds. The Bertz CT molecular complexity index is 2620. The standard InChI is InChI=1S/C52H30/c1-5-15-39(16-6-1)27-31-43-33-37-51-47(45(43)35-29-41-19-9-3-10-20-41)23-13-25-49(51)50-26-14-24-48-46(36-30-42-21-11-4-12-22-42)44(34-38-52(48)50)32-28-40-17-7-2-8-18-40/h1-26,33-34,37-38H. The molecule has 8 aromatic rings. The molecule has 0 nitrogen and oxygen atoms in total. The lowest BCUT2D eigenvalue weighted by molar-refractivity contribution is 1.60. The molecule has 52 heavy (non-hydrogen) atoms. The van der Waals surface area contributed by atoms with Crippen LogP contribution in [-0.2, 0) is 0 Å². The molecule has 238 valence electrons. The predicted octanol–water partition coefficient (Wildman–Crippen LogP) is 11.3. The Hall–Kier alpha value is -7.48. The highest BCUT2D eigenvalue weighted by atomic mass is 14.2. The molecule has 8 aromatic carbocycles. The van der Waals surface area contributed by atoms with Crippen molar-refractivity contribution in [2.45, 2.75) is 0 Å². The highest BCUT2D eigenvalue weighted by Gasteiger charge is 2.14. The zero-order valence-corrected chi connectivity index (χ0v) is 28.3. The highest BCUT2D eigenvalue weighted by Crippen LogP contribution is 2.37. The SMILES string of the molecule is C(#Cc1ccc2c(-c3cccc4c(C#Cc5ccccc5)c(C#Cc5ccccc5)ccc34)cccc2c1C#Cc1ccccc1)c1ccccc1. The normalized spacial score (nSPS) is 10.1. The van der Waals surface area contributed by atoms with Gasteiger partial charge in [0.1, 0.15) is 0 Å². The third-order valence-corrected chi connectivity index (χ3v) is 8.85. The fourth-order valence-electron chi connectivity index (χ4n) is 6.30. The van der Waals surface area contributed by atoms with E-state index in [0.29, 0.717) is 0 Å². The van der Waals surface area contributed by atoms with Crippen molar-refractivity contribution in [1.82, 2.24) is 0 Å². The molecule has 0 atom stereocenters. The van der Waals surface area contributed by atoms with E-state index in [9.17, 15) is 0 Å². The lowest BCUT2D eigenvalue weighted by Crippen LogP contribution is -1.92. The number of fused-ring (bicyclic) bond motifs is 2. The van der Waals surface area contributed by atoms with E-state index in [2.05, 4.69) is 108 Å². The molecule has 0 saturated heterocycles. The third-order valence-electron chi connectivity index (χ3n) is 8.85. The predicted molar refractivity (Wildman–Crippen MR) is 217 cm³/mol. The summed E-state index contributed by atoms with van der Waals surface area (Å²) in [5.74, 6) is 27.4. The van der Waals surface area contributed by atoms with Crippen molar-refractivity contribution in [1.29, 1.82) is 0 Å². The Morgan fingerprint density at radius 2 is 0.538 bits per heavy atom. The Morgan fingerprint density at radius 1 is 0.212 bits per heavy atom. The van der Waals surface area contributed by atoms with Gasteiger partial charge in [0.2, 0.25) is 0 Å². The van der Waals surface area contributed by atoms with Gasteiger partial charge in [0.05, 0.1) is 0 Å². The molecule has 0 aromatic heterocycles. The number of rotatable bonds is 1. The molecule has 8 rings (SSSR count). The van der Waals surface area contributed by atoms with Crippen LogP contribution in [0.5, 0.6) is 0 Å². The van der Waals surface area contributed by atoms with E-state index in [-0.39, 0.29) is 0 Å². The second-order valence-corrected chi connectivity index (χ2v) is 12.2. The summed E-state index contributed by atoms with van der Waals surface area (Å²) in [4.78, 5) is 0. The first kappa shape index (κ1) is 31.8. The van der Waals surface area contributed by atoms with E-state index in [1.807, 2.05) is 121 Å². The average Bonchev–Trinajstić information content (AvgIpc) is 3.21. The molecular formula is C52H30. The summed E-state index contributed by atoms with van der Waals surface area (Å²) in [7, 11) is 0. The van der Waals surface area contributed by atoms with Gasteiger partial charge in [-0.05, 0) is 93.3 Å². The van der Waals surface area contributed by atoms with Gasteiger partial charge in [-0.25, -0.2) is 0 Å². The van der Waals surface area contributed by atoms with E-state index in [4.69, 9.17) is 0 Å². The first-order chi connectivity index (χ1) is 25.8. The Kier molecular flexibility index (Phi) is 9.14. The smallest absolute Gasteiger partial charge is 0.0484 e. The van der Waals surface area contributed by atoms with Crippen LogP contribution in [0.1, 0.15) is 44.5 Å². The minimum absolute atomic E-state index is 0.898. The Labute approximate surface area is 305 Å². The summed E-state index contributed by atoms with van der Waals surface area (Å²) in [6.07, 6.45) is 0. The number of hydrogen-bond donors (Lipinski definition) is 0. The first-order valence-electron chi connectivity index (χ1n) is 17.2. The average molecular weight is 655 g/mol. The molecule has 0 aliphatic rings. The van der Waals surface area contributed by atoms with E-state index < -0.39 is 0 Å². The van der Waals surface area contributed by atoms with Crippen molar-refractivity contribution in [3.05, 3.63) is 226 Å². The molecule has 0 unspecified atom stereocenters. The van der Waals surface area contributed by atoms with Crippen molar-refractivity contribution in [2.75, 3.05) is 0 Å². The van der Waals surface area contributed by atoms with Crippen LogP contribution in [0.3, 0.4) is 0 Å². The van der Waals surface area contributed by atoms with Crippen LogP contribution in [0.4, 0.5) is 0 Å². The highest BCUT2D eigenvalue weighted by molar-refractivity contribution is 6.08. The summed E-state index contributed by atoms with van der Waals surface area (Å²) in [5.41, 5.74) is 9.73. The summed E-state index contributed by atoms with van der Waals surface area (Å²) >= 11 is 0. The van der Waals surface area contributed by atoms with Gasteiger partial charge in [0.25, 0.3) is 0 Å². The molecule has 0 heterocycles. The number of hydrogen-bond acceptors (Lipinski definition) is 0. The van der Waals surface area contributed by atoms with E-state index in [0.717, 1.165) is 77.2 Å². The van der Waals surface area contributed by atoms with Crippen LogP contribution >= 0.6 is 0 Å². The topological polar surface area (TPSA) is 0 Å². The Morgan fingerprint density at radius 3 is 0.885 bits per heavy atom. The molecule has 0 saturated carbocycles. The second-order valence-electron chi connectivity index (χ2n) is 12.2. The van der Waals surface area contributed by atoms with Crippen LogP contribution in [-0.4, -0.2) is 0 Å². The van der Waals surface area contributed by atoms with Crippen molar-refractivity contribution >= 4 is 21.5 Å². The van der Waals surface area contributed by atoms with Gasteiger partial charge in [-0.3, -0.25) is 0 Å². The van der Waals surface area contributed by atoms with Crippen LogP contribution < -0.4 is 0 Å². The molecule has 0 radical (unpaired) electrons. The lowest BCUT2D eigenvalue weighted by atomic mass is 9.89. The molecule has 0 bridgehead atoms. The van der Waals surface area contributed by atoms with Crippen LogP contribution in [0, 0.1) is 47.4 Å².